The summed E-state index contributed by atoms with van der Waals surface area (Å²) in [4.78, 5) is 23.9. The van der Waals surface area contributed by atoms with Crippen LogP contribution >= 0.6 is 0 Å². The lowest BCUT2D eigenvalue weighted by Gasteiger charge is -2.31. The minimum Gasteiger partial charge on any atom is -0.473 e. The molecule has 2 aromatic carbocycles. The highest BCUT2D eigenvalue weighted by Crippen LogP contribution is 2.32. The maximum atomic E-state index is 12.0. The van der Waals surface area contributed by atoms with Crippen molar-refractivity contribution in [2.75, 3.05) is 38.3 Å². The van der Waals surface area contributed by atoms with Crippen molar-refractivity contribution in [3.8, 4) is 11.3 Å². The molecule has 2 aromatic heterocycles. The fourth-order valence-electron chi connectivity index (χ4n) is 5.12. The molecule has 4 aromatic rings. The summed E-state index contributed by atoms with van der Waals surface area (Å²) in [5, 5.41) is 1.13. The number of aliphatic imine (C=N–C) groups is 1. The molecule has 7 nitrogen and oxygen atoms in total. The molecule has 1 fully saturated rings. The fraction of sp³-hybridized carbons (Fsp3) is 0.265. The molecule has 0 unspecified atom stereocenters. The Balaban J connectivity index is 1.50. The quantitative estimate of drug-likeness (QED) is 0.162. The van der Waals surface area contributed by atoms with Crippen molar-refractivity contribution in [2.24, 2.45) is 12.0 Å². The van der Waals surface area contributed by atoms with E-state index < -0.39 is 0 Å². The Hall–Kier alpha value is -4.49. The molecule has 1 aliphatic rings. The topological polar surface area (TPSA) is 69.0 Å². The summed E-state index contributed by atoms with van der Waals surface area (Å²) < 4.78 is 13.6. The normalized spacial score (nSPS) is 14.4. The smallest absolute Gasteiger partial charge is 0.250 e. The van der Waals surface area contributed by atoms with Gasteiger partial charge in [-0.15, -0.1) is 0 Å². The van der Waals surface area contributed by atoms with Gasteiger partial charge < -0.3 is 18.9 Å². The van der Waals surface area contributed by atoms with Gasteiger partial charge in [-0.2, -0.15) is 0 Å². The second kappa shape index (κ2) is 12.4. The summed E-state index contributed by atoms with van der Waals surface area (Å²) in [7, 11) is 3.44. The van der Waals surface area contributed by atoms with Gasteiger partial charge in [-0.05, 0) is 49.8 Å². The molecule has 0 spiro atoms. The summed E-state index contributed by atoms with van der Waals surface area (Å²) in [6.07, 6.45) is 3.72. The molecule has 0 radical (unpaired) electrons. The molecular formula is C34H36N4O3. The van der Waals surface area contributed by atoms with E-state index in [2.05, 4.69) is 59.8 Å². The van der Waals surface area contributed by atoms with Crippen LogP contribution in [0.15, 0.2) is 94.9 Å². The van der Waals surface area contributed by atoms with Crippen molar-refractivity contribution in [3.63, 3.8) is 0 Å². The molecular weight excluding hydrogens is 512 g/mol. The Bertz CT molecular complexity index is 1710. The Labute approximate surface area is 241 Å². The van der Waals surface area contributed by atoms with Gasteiger partial charge in [0.05, 0.1) is 24.4 Å². The predicted molar refractivity (Wildman–Crippen MR) is 168 cm³/mol. The van der Waals surface area contributed by atoms with Gasteiger partial charge in [-0.25, -0.2) is 4.98 Å². The average molecular weight is 549 g/mol. The molecule has 41 heavy (non-hydrogen) atoms. The summed E-state index contributed by atoms with van der Waals surface area (Å²) in [5.41, 5.74) is 8.68. The van der Waals surface area contributed by atoms with Crippen LogP contribution in [0.25, 0.3) is 27.7 Å². The number of rotatable bonds is 7. The fourth-order valence-corrected chi connectivity index (χ4v) is 5.12. The number of benzene rings is 2. The molecule has 0 aliphatic carbocycles. The van der Waals surface area contributed by atoms with E-state index in [0.29, 0.717) is 25.7 Å². The van der Waals surface area contributed by atoms with E-state index in [1.165, 1.54) is 0 Å². The minimum atomic E-state index is -0.0780. The van der Waals surface area contributed by atoms with Crippen LogP contribution in [0.3, 0.4) is 0 Å². The third kappa shape index (κ3) is 6.31. The van der Waals surface area contributed by atoms with Gasteiger partial charge in [0.25, 0.3) is 0 Å². The average Bonchev–Trinajstić information content (AvgIpc) is 2.98. The van der Waals surface area contributed by atoms with Crippen LogP contribution in [-0.2, 0) is 23.1 Å². The molecule has 0 saturated carbocycles. The number of anilines is 1. The third-order valence-electron chi connectivity index (χ3n) is 7.21. The number of pyridine rings is 2. The van der Waals surface area contributed by atoms with E-state index >= 15 is 0 Å². The predicted octanol–water partition coefficient (Wildman–Crippen LogP) is 5.95. The Morgan fingerprint density at radius 2 is 1.90 bits per heavy atom. The highest BCUT2D eigenvalue weighted by atomic mass is 16.5. The maximum absolute atomic E-state index is 12.0. The van der Waals surface area contributed by atoms with E-state index in [-0.39, 0.29) is 5.56 Å². The number of hydrogen-bond donors (Lipinski definition) is 0. The second-order valence-corrected chi connectivity index (χ2v) is 10.4. The number of ether oxygens (including phenoxy) is 2. The van der Waals surface area contributed by atoms with Crippen LogP contribution in [0.5, 0.6) is 0 Å². The van der Waals surface area contributed by atoms with E-state index in [1.54, 1.807) is 37.0 Å². The maximum Gasteiger partial charge on any atom is 0.250 e. The van der Waals surface area contributed by atoms with Crippen LogP contribution in [0, 0.1) is 6.92 Å². The molecule has 0 N–H and O–H groups in total. The molecule has 3 heterocycles. The molecule has 0 amide bonds. The monoisotopic (exact) mass is 548 g/mol. The lowest BCUT2D eigenvalue weighted by molar-refractivity contribution is 0.122. The van der Waals surface area contributed by atoms with Gasteiger partial charge >= 0.3 is 0 Å². The molecule has 1 saturated heterocycles. The highest BCUT2D eigenvalue weighted by molar-refractivity contribution is 6.20. The highest BCUT2D eigenvalue weighted by Gasteiger charge is 2.19. The minimum absolute atomic E-state index is 0.0780. The second-order valence-electron chi connectivity index (χ2n) is 10.4. The standard InChI is InChI=1S/C34H36N4O3/c1-23(2)18-29(27-12-13-32(39)37(5)21-27)34(35-4)41-22-28-11-10-26(20-31(28)38-14-16-40-17-15-38)33-24(3)19-25-8-6-7-9-30(25)36-33/h6-13,18-21H,1,14-17,22H2,2-5H3/b29-18-,35-34+. The van der Waals surface area contributed by atoms with Gasteiger partial charge in [0.2, 0.25) is 11.5 Å². The number of nitrogens with zero attached hydrogens (tertiary/aromatic N) is 4. The van der Waals surface area contributed by atoms with Crippen molar-refractivity contribution in [2.45, 2.75) is 20.5 Å². The van der Waals surface area contributed by atoms with Crippen LogP contribution in [0.4, 0.5) is 5.69 Å². The molecule has 0 atom stereocenters. The van der Waals surface area contributed by atoms with E-state index in [4.69, 9.17) is 14.5 Å². The first-order valence-electron chi connectivity index (χ1n) is 13.8. The van der Waals surface area contributed by atoms with E-state index in [1.807, 2.05) is 25.1 Å². The summed E-state index contributed by atoms with van der Waals surface area (Å²) in [5.74, 6) is 0.482. The lowest BCUT2D eigenvalue weighted by atomic mass is 10.0. The van der Waals surface area contributed by atoms with Gasteiger partial charge in [0.15, 0.2) is 0 Å². The number of morpholine rings is 1. The number of aromatic nitrogens is 2. The summed E-state index contributed by atoms with van der Waals surface area (Å²) in [6.45, 7) is 11.4. The number of allylic oxidation sites excluding steroid dienone is 2. The largest absolute Gasteiger partial charge is 0.473 e. The van der Waals surface area contributed by atoms with Gasteiger partial charge in [0, 0.05) is 72.8 Å². The third-order valence-corrected chi connectivity index (χ3v) is 7.21. The first-order chi connectivity index (χ1) is 19.8. The molecule has 210 valence electrons. The summed E-state index contributed by atoms with van der Waals surface area (Å²) >= 11 is 0. The zero-order valence-electron chi connectivity index (χ0n) is 24.2. The van der Waals surface area contributed by atoms with Gasteiger partial charge in [0.1, 0.15) is 6.61 Å². The zero-order valence-corrected chi connectivity index (χ0v) is 24.2. The molecule has 1 aliphatic heterocycles. The van der Waals surface area contributed by atoms with Crippen molar-refractivity contribution < 1.29 is 9.47 Å². The van der Waals surface area contributed by atoms with Crippen molar-refractivity contribution in [1.29, 1.82) is 0 Å². The lowest BCUT2D eigenvalue weighted by Crippen LogP contribution is -2.36. The Kier molecular flexibility index (Phi) is 8.45. The molecule has 7 heteroatoms. The Morgan fingerprint density at radius 3 is 2.63 bits per heavy atom. The van der Waals surface area contributed by atoms with Gasteiger partial charge in [-0.1, -0.05) is 42.5 Å². The van der Waals surface area contributed by atoms with Crippen molar-refractivity contribution >= 4 is 28.1 Å². The van der Waals surface area contributed by atoms with Crippen molar-refractivity contribution in [1.82, 2.24) is 9.55 Å². The first kappa shape index (κ1) is 28.1. The number of fused-ring (bicyclic) bond motifs is 1. The molecule has 5 rings (SSSR count). The number of para-hydroxylation sites is 1. The number of hydrogen-bond acceptors (Lipinski definition) is 6. The van der Waals surface area contributed by atoms with Crippen LogP contribution in [-0.4, -0.2) is 48.8 Å². The van der Waals surface area contributed by atoms with Crippen molar-refractivity contribution in [3.05, 3.63) is 112 Å². The first-order valence-corrected chi connectivity index (χ1v) is 13.8. The molecule has 0 bridgehead atoms. The van der Waals surface area contributed by atoms with E-state index in [0.717, 1.165) is 68.8 Å². The van der Waals surface area contributed by atoms with Crippen LogP contribution in [0.1, 0.15) is 23.6 Å². The summed E-state index contributed by atoms with van der Waals surface area (Å²) in [6, 6.07) is 20.2. The van der Waals surface area contributed by atoms with Crippen LogP contribution < -0.4 is 10.5 Å². The van der Waals surface area contributed by atoms with Gasteiger partial charge in [-0.3, -0.25) is 9.79 Å². The van der Waals surface area contributed by atoms with Crippen LogP contribution in [0.2, 0.25) is 0 Å². The number of aryl methyl sites for hydroxylation is 2. The Morgan fingerprint density at radius 1 is 1.12 bits per heavy atom. The van der Waals surface area contributed by atoms with E-state index in [9.17, 15) is 4.79 Å². The zero-order chi connectivity index (χ0) is 28.9. The SMILES string of the molecule is C=C(C)/C=C(\C(=N/C)OCc1ccc(-c2nc3ccccc3cc2C)cc1N1CCOCC1)c1ccc(=O)n(C)c1.